The molecule has 1 unspecified atom stereocenters. The number of carboxylic acids is 1. The summed E-state index contributed by atoms with van der Waals surface area (Å²) in [6.45, 7) is 1.99. The van der Waals surface area contributed by atoms with Crippen LogP contribution in [-0.4, -0.2) is 28.6 Å². The summed E-state index contributed by atoms with van der Waals surface area (Å²) in [5.74, 6) is -1.86. The molecule has 0 aliphatic heterocycles. The molecule has 1 atom stereocenters. The van der Waals surface area contributed by atoms with Gasteiger partial charge >= 0.3 is 5.97 Å². The Morgan fingerprint density at radius 2 is 2.11 bits per heavy atom. The Bertz CT molecular complexity index is 431. The summed E-state index contributed by atoms with van der Waals surface area (Å²) in [7, 11) is 0. The first-order valence-corrected chi connectivity index (χ1v) is 5.84. The van der Waals surface area contributed by atoms with Gasteiger partial charge in [-0.15, -0.1) is 0 Å². The minimum absolute atomic E-state index is 0.00555. The SMILES string of the molecule is CCCC(CNC(=O)c1cccc(O)c1)C(=O)O. The second-order valence-electron chi connectivity index (χ2n) is 4.08. The molecule has 5 nitrogen and oxygen atoms in total. The van der Waals surface area contributed by atoms with Gasteiger partial charge in [0.1, 0.15) is 5.75 Å². The number of aromatic hydroxyl groups is 1. The largest absolute Gasteiger partial charge is 0.508 e. The fraction of sp³-hybridized carbons (Fsp3) is 0.385. The van der Waals surface area contributed by atoms with Crippen molar-refractivity contribution < 1.29 is 19.8 Å². The molecule has 1 rings (SSSR count). The molecule has 5 heteroatoms. The highest BCUT2D eigenvalue weighted by Crippen LogP contribution is 2.11. The van der Waals surface area contributed by atoms with E-state index in [1.54, 1.807) is 12.1 Å². The minimum atomic E-state index is -0.909. The molecule has 1 aromatic carbocycles. The lowest BCUT2D eigenvalue weighted by Crippen LogP contribution is -2.32. The molecule has 1 aromatic rings. The monoisotopic (exact) mass is 251 g/mol. The first-order chi connectivity index (χ1) is 8.54. The Morgan fingerprint density at radius 3 is 2.67 bits per heavy atom. The summed E-state index contributed by atoms with van der Waals surface area (Å²) in [5.41, 5.74) is 0.315. The molecule has 3 N–H and O–H groups in total. The number of hydrogen-bond acceptors (Lipinski definition) is 3. The standard InChI is InChI=1S/C13H17NO4/c1-2-4-10(13(17)18)8-14-12(16)9-5-3-6-11(15)7-9/h3,5-7,10,15H,2,4,8H2,1H3,(H,14,16)(H,17,18). The number of amides is 1. The number of hydrogen-bond donors (Lipinski definition) is 3. The molecule has 0 bridgehead atoms. The Hall–Kier alpha value is -2.04. The summed E-state index contributed by atoms with van der Waals surface area (Å²) in [6.07, 6.45) is 1.27. The quantitative estimate of drug-likeness (QED) is 0.717. The van der Waals surface area contributed by atoms with Crippen LogP contribution in [0.5, 0.6) is 5.75 Å². The summed E-state index contributed by atoms with van der Waals surface area (Å²) < 4.78 is 0. The van der Waals surface area contributed by atoms with E-state index in [1.807, 2.05) is 6.92 Å². The zero-order valence-corrected chi connectivity index (χ0v) is 10.2. The number of phenolic OH excluding ortho intramolecular Hbond substituents is 1. The number of rotatable bonds is 6. The molecule has 0 aromatic heterocycles. The molecule has 0 saturated carbocycles. The van der Waals surface area contributed by atoms with Crippen molar-refractivity contribution in [1.29, 1.82) is 0 Å². The van der Waals surface area contributed by atoms with Crippen LogP contribution in [0.3, 0.4) is 0 Å². The number of phenols is 1. The van der Waals surface area contributed by atoms with Crippen molar-refractivity contribution in [3.63, 3.8) is 0 Å². The van der Waals surface area contributed by atoms with E-state index in [9.17, 15) is 14.7 Å². The van der Waals surface area contributed by atoms with Crippen molar-refractivity contribution in [2.75, 3.05) is 6.54 Å². The summed E-state index contributed by atoms with van der Waals surface area (Å²) in [6, 6.07) is 5.93. The van der Waals surface area contributed by atoms with Crippen LogP contribution in [0.2, 0.25) is 0 Å². The van der Waals surface area contributed by atoms with E-state index < -0.39 is 11.9 Å². The van der Waals surface area contributed by atoms with Gasteiger partial charge in [-0.3, -0.25) is 9.59 Å². The van der Waals surface area contributed by atoms with Gasteiger partial charge in [0, 0.05) is 12.1 Å². The third-order valence-electron chi connectivity index (χ3n) is 2.60. The van der Waals surface area contributed by atoms with Crippen LogP contribution in [0, 0.1) is 5.92 Å². The van der Waals surface area contributed by atoms with E-state index in [1.165, 1.54) is 12.1 Å². The second-order valence-corrected chi connectivity index (χ2v) is 4.08. The van der Waals surface area contributed by atoms with Gasteiger partial charge in [0.25, 0.3) is 5.91 Å². The van der Waals surface area contributed by atoms with Gasteiger partial charge in [0.15, 0.2) is 0 Å². The highest BCUT2D eigenvalue weighted by Gasteiger charge is 2.17. The van der Waals surface area contributed by atoms with Gasteiger partial charge < -0.3 is 15.5 Å². The number of carbonyl (C=O) groups is 2. The van der Waals surface area contributed by atoms with Gasteiger partial charge in [0.05, 0.1) is 5.92 Å². The van der Waals surface area contributed by atoms with Crippen molar-refractivity contribution in [3.8, 4) is 5.75 Å². The molecular weight excluding hydrogens is 234 g/mol. The fourth-order valence-electron chi connectivity index (χ4n) is 1.63. The minimum Gasteiger partial charge on any atom is -0.508 e. The van der Waals surface area contributed by atoms with E-state index in [-0.39, 0.29) is 18.2 Å². The lowest BCUT2D eigenvalue weighted by atomic mass is 10.0. The lowest BCUT2D eigenvalue weighted by Gasteiger charge is -2.12. The summed E-state index contributed by atoms with van der Waals surface area (Å²) in [5, 5.41) is 20.7. The molecule has 0 heterocycles. The molecule has 0 saturated heterocycles. The first-order valence-electron chi connectivity index (χ1n) is 5.84. The Balaban J connectivity index is 2.57. The second kappa shape index (κ2) is 6.64. The van der Waals surface area contributed by atoms with Crippen LogP contribution < -0.4 is 5.32 Å². The third-order valence-corrected chi connectivity index (χ3v) is 2.60. The van der Waals surface area contributed by atoms with E-state index in [4.69, 9.17) is 5.11 Å². The summed E-state index contributed by atoms with van der Waals surface area (Å²) in [4.78, 5) is 22.6. The molecule has 0 radical (unpaired) electrons. The van der Waals surface area contributed by atoms with Gasteiger partial charge in [-0.05, 0) is 24.6 Å². The highest BCUT2D eigenvalue weighted by atomic mass is 16.4. The molecule has 0 fully saturated rings. The van der Waals surface area contributed by atoms with E-state index in [0.29, 0.717) is 12.0 Å². The molecule has 98 valence electrons. The van der Waals surface area contributed by atoms with Crippen molar-refractivity contribution >= 4 is 11.9 Å². The molecule has 18 heavy (non-hydrogen) atoms. The highest BCUT2D eigenvalue weighted by molar-refractivity contribution is 5.94. The van der Waals surface area contributed by atoms with Crippen LogP contribution in [0.15, 0.2) is 24.3 Å². The maximum atomic E-state index is 11.7. The van der Waals surface area contributed by atoms with Crippen molar-refractivity contribution in [2.24, 2.45) is 5.92 Å². The molecule has 1 amide bonds. The number of carboxylic acid groups (broad SMARTS) is 1. The van der Waals surface area contributed by atoms with Gasteiger partial charge in [-0.25, -0.2) is 0 Å². The number of aliphatic carboxylic acids is 1. The molecular formula is C13H17NO4. The number of benzene rings is 1. The van der Waals surface area contributed by atoms with E-state index >= 15 is 0 Å². The first kappa shape index (κ1) is 14.0. The van der Waals surface area contributed by atoms with Gasteiger partial charge in [0.2, 0.25) is 0 Å². The zero-order valence-electron chi connectivity index (χ0n) is 10.2. The maximum absolute atomic E-state index is 11.7. The zero-order chi connectivity index (χ0) is 13.5. The third kappa shape index (κ3) is 4.08. The molecule has 0 aliphatic rings. The Kier molecular flexibility index (Phi) is 5.17. The molecule has 0 spiro atoms. The predicted molar refractivity (Wildman–Crippen MR) is 66.5 cm³/mol. The van der Waals surface area contributed by atoms with Crippen LogP contribution in [-0.2, 0) is 4.79 Å². The smallest absolute Gasteiger partial charge is 0.308 e. The van der Waals surface area contributed by atoms with Gasteiger partial charge in [-0.1, -0.05) is 19.4 Å². The maximum Gasteiger partial charge on any atom is 0.308 e. The van der Waals surface area contributed by atoms with Crippen LogP contribution in [0.1, 0.15) is 30.1 Å². The van der Waals surface area contributed by atoms with Crippen LogP contribution in [0.4, 0.5) is 0 Å². The van der Waals surface area contributed by atoms with Crippen LogP contribution in [0.25, 0.3) is 0 Å². The van der Waals surface area contributed by atoms with Crippen molar-refractivity contribution in [1.82, 2.24) is 5.32 Å². The van der Waals surface area contributed by atoms with Crippen molar-refractivity contribution in [2.45, 2.75) is 19.8 Å². The average molecular weight is 251 g/mol. The topological polar surface area (TPSA) is 86.6 Å². The van der Waals surface area contributed by atoms with E-state index in [2.05, 4.69) is 5.32 Å². The van der Waals surface area contributed by atoms with Crippen molar-refractivity contribution in [3.05, 3.63) is 29.8 Å². The summed E-state index contributed by atoms with van der Waals surface area (Å²) >= 11 is 0. The Morgan fingerprint density at radius 1 is 1.39 bits per heavy atom. The van der Waals surface area contributed by atoms with Crippen LogP contribution >= 0.6 is 0 Å². The normalized spacial score (nSPS) is 11.8. The predicted octanol–water partition coefficient (Wildman–Crippen LogP) is 1.62. The fourth-order valence-corrected chi connectivity index (χ4v) is 1.63. The van der Waals surface area contributed by atoms with E-state index in [0.717, 1.165) is 6.42 Å². The molecule has 0 aliphatic carbocycles. The number of carbonyl (C=O) groups excluding carboxylic acids is 1. The average Bonchev–Trinajstić information content (AvgIpc) is 2.33. The van der Waals surface area contributed by atoms with Gasteiger partial charge in [-0.2, -0.15) is 0 Å². The Labute approximate surface area is 105 Å². The lowest BCUT2D eigenvalue weighted by molar-refractivity contribution is -0.141. The number of nitrogens with one attached hydrogen (secondary N) is 1.